The van der Waals surface area contributed by atoms with Gasteiger partial charge in [0.05, 0.1) is 0 Å². The molecule has 0 aliphatic heterocycles. The first-order valence-electron chi connectivity index (χ1n) is 5.47. The average Bonchev–Trinajstić information content (AvgIpc) is 2.80. The molecule has 0 saturated carbocycles. The zero-order valence-electron chi connectivity index (χ0n) is 9.67. The Bertz CT molecular complexity index is 533. The number of rotatable bonds is 4. The Kier molecular flexibility index (Phi) is 3.73. The first-order chi connectivity index (χ1) is 8.95. The van der Waals surface area contributed by atoms with Crippen LogP contribution in [-0.4, -0.2) is 11.7 Å². The van der Waals surface area contributed by atoms with Crippen molar-refractivity contribution in [3.8, 4) is 0 Å². The Balaban J connectivity index is 1.86. The van der Waals surface area contributed by atoms with Crippen LogP contribution in [0.4, 0.5) is 23.4 Å². The van der Waals surface area contributed by atoms with Gasteiger partial charge >= 0.3 is 6.18 Å². The lowest BCUT2D eigenvalue weighted by Gasteiger charge is -2.02. The molecule has 1 heterocycles. The third-order valence-corrected chi connectivity index (χ3v) is 2.42. The molecule has 2 aromatic rings. The second-order valence-corrected chi connectivity index (χ2v) is 3.88. The first kappa shape index (κ1) is 13.4. The fourth-order valence-electron chi connectivity index (χ4n) is 1.48. The van der Waals surface area contributed by atoms with Crippen LogP contribution in [0.5, 0.6) is 0 Å². The monoisotopic (exact) mass is 274 g/mol. The molecule has 1 aromatic heterocycles. The average molecular weight is 274 g/mol. The van der Waals surface area contributed by atoms with Crippen molar-refractivity contribution in [3.05, 3.63) is 47.5 Å². The van der Waals surface area contributed by atoms with Gasteiger partial charge in [0.25, 0.3) is 0 Å². The number of anilines is 1. The smallest absolute Gasteiger partial charge is 0.367 e. The van der Waals surface area contributed by atoms with Crippen molar-refractivity contribution in [1.82, 2.24) is 5.16 Å². The van der Waals surface area contributed by atoms with Crippen LogP contribution in [0.2, 0.25) is 0 Å². The normalized spacial score (nSPS) is 11.6. The summed E-state index contributed by atoms with van der Waals surface area (Å²) in [6.45, 7) is 0.370. The van der Waals surface area contributed by atoms with Crippen LogP contribution in [-0.2, 0) is 12.6 Å². The largest absolute Gasteiger partial charge is 0.452 e. The molecule has 0 aliphatic rings. The predicted octanol–water partition coefficient (Wildman–Crippen LogP) is 3.49. The van der Waals surface area contributed by atoms with E-state index in [4.69, 9.17) is 0 Å². The highest BCUT2D eigenvalue weighted by Gasteiger charge is 2.36. The van der Waals surface area contributed by atoms with Crippen LogP contribution in [0.3, 0.4) is 0 Å². The maximum Gasteiger partial charge on any atom is 0.452 e. The van der Waals surface area contributed by atoms with E-state index in [1.165, 1.54) is 12.1 Å². The molecule has 2 rings (SSSR count). The SMILES string of the molecule is Fc1ccc(CCNc2cc(C(F)(F)F)on2)cc1. The number of nitrogens with one attached hydrogen (secondary N) is 1. The maximum atomic E-state index is 12.6. The summed E-state index contributed by atoms with van der Waals surface area (Å²) in [5, 5.41) is 5.96. The number of hydrogen-bond acceptors (Lipinski definition) is 3. The van der Waals surface area contributed by atoms with Crippen molar-refractivity contribution < 1.29 is 22.1 Å². The van der Waals surface area contributed by atoms with Gasteiger partial charge in [-0.3, -0.25) is 0 Å². The second kappa shape index (κ2) is 5.29. The molecule has 3 nitrogen and oxygen atoms in total. The van der Waals surface area contributed by atoms with Crippen LogP contribution >= 0.6 is 0 Å². The van der Waals surface area contributed by atoms with E-state index in [9.17, 15) is 17.6 Å². The molecule has 0 atom stereocenters. The van der Waals surface area contributed by atoms with Crippen molar-refractivity contribution >= 4 is 5.82 Å². The molecule has 19 heavy (non-hydrogen) atoms. The molecule has 0 aliphatic carbocycles. The summed E-state index contributed by atoms with van der Waals surface area (Å²) in [5.74, 6) is -1.45. The van der Waals surface area contributed by atoms with Crippen molar-refractivity contribution in [2.75, 3.05) is 11.9 Å². The molecule has 1 aromatic carbocycles. The lowest BCUT2D eigenvalue weighted by Crippen LogP contribution is -2.05. The third kappa shape index (κ3) is 3.70. The zero-order chi connectivity index (χ0) is 13.9. The van der Waals surface area contributed by atoms with E-state index in [1.807, 2.05) is 0 Å². The van der Waals surface area contributed by atoms with Crippen molar-refractivity contribution in [1.29, 1.82) is 0 Å². The van der Waals surface area contributed by atoms with Crippen LogP contribution in [0.1, 0.15) is 11.3 Å². The summed E-state index contributed by atoms with van der Waals surface area (Å²) in [5.41, 5.74) is 0.869. The van der Waals surface area contributed by atoms with Gasteiger partial charge in [-0.25, -0.2) is 4.39 Å². The van der Waals surface area contributed by atoms with Crippen LogP contribution in [0.15, 0.2) is 34.9 Å². The Morgan fingerprint density at radius 3 is 2.42 bits per heavy atom. The van der Waals surface area contributed by atoms with Gasteiger partial charge in [0.1, 0.15) is 5.82 Å². The molecule has 0 radical (unpaired) electrons. The minimum absolute atomic E-state index is 0.0226. The van der Waals surface area contributed by atoms with Gasteiger partial charge in [-0.05, 0) is 24.1 Å². The molecule has 0 fully saturated rings. The third-order valence-electron chi connectivity index (χ3n) is 2.42. The summed E-state index contributed by atoms with van der Waals surface area (Å²) in [6, 6.07) is 6.67. The standard InChI is InChI=1S/C12H10F4N2O/c13-9-3-1-8(2-4-9)5-6-17-11-7-10(19-18-11)12(14,15)16/h1-4,7H,5-6H2,(H,17,18). The van der Waals surface area contributed by atoms with Gasteiger partial charge in [-0.2, -0.15) is 13.2 Å². The molecule has 1 N–H and O–H groups in total. The number of aromatic nitrogens is 1. The molecule has 0 spiro atoms. The van der Waals surface area contributed by atoms with Crippen LogP contribution in [0, 0.1) is 5.82 Å². The quantitative estimate of drug-likeness (QED) is 0.867. The van der Waals surface area contributed by atoms with E-state index in [0.717, 1.165) is 11.6 Å². The number of halogens is 4. The number of alkyl halides is 3. The first-order valence-corrected chi connectivity index (χ1v) is 5.47. The number of benzene rings is 1. The molecular formula is C12H10F4N2O. The summed E-state index contributed by atoms with van der Waals surface area (Å²) < 4.78 is 53.5. The molecular weight excluding hydrogens is 264 g/mol. The summed E-state index contributed by atoms with van der Waals surface area (Å²) in [7, 11) is 0. The molecule has 102 valence electrons. The van der Waals surface area contributed by atoms with E-state index in [0.29, 0.717) is 13.0 Å². The van der Waals surface area contributed by atoms with Gasteiger partial charge in [0, 0.05) is 12.6 Å². The molecule has 0 unspecified atom stereocenters. The van der Waals surface area contributed by atoms with Crippen LogP contribution in [0.25, 0.3) is 0 Å². The highest BCUT2D eigenvalue weighted by atomic mass is 19.4. The Labute approximate surface area is 106 Å². The highest BCUT2D eigenvalue weighted by Crippen LogP contribution is 2.30. The lowest BCUT2D eigenvalue weighted by molar-refractivity contribution is -0.155. The minimum Gasteiger partial charge on any atom is -0.367 e. The number of nitrogens with zero attached hydrogens (tertiary/aromatic N) is 1. The summed E-state index contributed by atoms with van der Waals surface area (Å²) in [6.07, 6.45) is -4.00. The Morgan fingerprint density at radius 1 is 1.16 bits per heavy atom. The van der Waals surface area contributed by atoms with E-state index >= 15 is 0 Å². The zero-order valence-corrected chi connectivity index (χ0v) is 9.67. The highest BCUT2D eigenvalue weighted by molar-refractivity contribution is 5.34. The molecule has 7 heteroatoms. The lowest BCUT2D eigenvalue weighted by atomic mass is 10.1. The van der Waals surface area contributed by atoms with Gasteiger partial charge in [-0.15, -0.1) is 0 Å². The summed E-state index contributed by atoms with van der Waals surface area (Å²) in [4.78, 5) is 0. The Hall–Kier alpha value is -2.05. The van der Waals surface area contributed by atoms with Crippen molar-refractivity contribution in [2.24, 2.45) is 0 Å². The van der Waals surface area contributed by atoms with Gasteiger partial charge in [0.2, 0.25) is 5.76 Å². The van der Waals surface area contributed by atoms with Gasteiger partial charge < -0.3 is 9.84 Å². The fraction of sp³-hybridized carbons (Fsp3) is 0.250. The van der Waals surface area contributed by atoms with Crippen molar-refractivity contribution in [2.45, 2.75) is 12.6 Å². The van der Waals surface area contributed by atoms with E-state index in [1.54, 1.807) is 12.1 Å². The molecule has 0 bridgehead atoms. The summed E-state index contributed by atoms with van der Waals surface area (Å²) >= 11 is 0. The second-order valence-electron chi connectivity index (χ2n) is 3.88. The van der Waals surface area contributed by atoms with Gasteiger partial charge in [-0.1, -0.05) is 17.3 Å². The minimum atomic E-state index is -4.54. The van der Waals surface area contributed by atoms with E-state index < -0.39 is 11.9 Å². The fourth-order valence-corrected chi connectivity index (χ4v) is 1.48. The molecule has 0 amide bonds. The molecule has 0 saturated heterocycles. The Morgan fingerprint density at radius 2 is 1.84 bits per heavy atom. The predicted molar refractivity (Wildman–Crippen MR) is 60.1 cm³/mol. The number of hydrogen-bond donors (Lipinski definition) is 1. The van der Waals surface area contributed by atoms with Crippen molar-refractivity contribution in [3.63, 3.8) is 0 Å². The van der Waals surface area contributed by atoms with Gasteiger partial charge in [0.15, 0.2) is 5.82 Å². The van der Waals surface area contributed by atoms with Crippen LogP contribution < -0.4 is 5.32 Å². The topological polar surface area (TPSA) is 38.1 Å². The maximum absolute atomic E-state index is 12.6. The van der Waals surface area contributed by atoms with E-state index in [2.05, 4.69) is 15.0 Å². The van der Waals surface area contributed by atoms with E-state index in [-0.39, 0.29) is 11.6 Å².